The summed E-state index contributed by atoms with van der Waals surface area (Å²) in [6.07, 6.45) is 3.65. The number of carbonyl (C=O) groups excluding carboxylic acids is 2. The molecule has 0 spiro atoms. The molecule has 2 aromatic carbocycles. The molecule has 1 aromatic heterocycles. The van der Waals surface area contributed by atoms with Crippen molar-refractivity contribution in [1.82, 2.24) is 9.78 Å². The first-order valence-electron chi connectivity index (χ1n) is 10.1. The second-order valence-corrected chi connectivity index (χ2v) is 7.33. The lowest BCUT2D eigenvalue weighted by atomic mass is 9.97. The van der Waals surface area contributed by atoms with E-state index >= 15 is 0 Å². The molecule has 2 unspecified atom stereocenters. The van der Waals surface area contributed by atoms with E-state index in [0.717, 1.165) is 23.2 Å². The molecule has 1 amide bonds. The van der Waals surface area contributed by atoms with Gasteiger partial charge >= 0.3 is 5.97 Å². The van der Waals surface area contributed by atoms with E-state index < -0.39 is 12.1 Å². The second-order valence-electron chi connectivity index (χ2n) is 7.33. The molecule has 0 saturated carbocycles. The molecular formula is C24H27N3O3. The van der Waals surface area contributed by atoms with E-state index in [1.807, 2.05) is 48.7 Å². The minimum atomic E-state index is -0.911. The summed E-state index contributed by atoms with van der Waals surface area (Å²) in [6, 6.07) is 16.7. The van der Waals surface area contributed by atoms with Gasteiger partial charge in [-0.05, 0) is 54.7 Å². The number of anilines is 1. The zero-order valence-electron chi connectivity index (χ0n) is 17.5. The predicted molar refractivity (Wildman–Crippen MR) is 116 cm³/mol. The minimum Gasteiger partial charge on any atom is -0.449 e. The Balaban J connectivity index is 1.59. The fourth-order valence-corrected chi connectivity index (χ4v) is 3.10. The van der Waals surface area contributed by atoms with Crippen molar-refractivity contribution in [3.8, 4) is 0 Å². The summed E-state index contributed by atoms with van der Waals surface area (Å²) in [4.78, 5) is 25.0. The molecule has 0 fully saturated rings. The molecule has 0 saturated heterocycles. The summed E-state index contributed by atoms with van der Waals surface area (Å²) in [5, 5.41) is 7.06. The van der Waals surface area contributed by atoms with Gasteiger partial charge in [0.2, 0.25) is 0 Å². The number of nitrogens with one attached hydrogen (secondary N) is 1. The summed E-state index contributed by atoms with van der Waals surface area (Å²) < 4.78 is 7.18. The van der Waals surface area contributed by atoms with Gasteiger partial charge in [0.05, 0.1) is 12.1 Å². The molecule has 0 aliphatic carbocycles. The van der Waals surface area contributed by atoms with Crippen LogP contribution in [0, 0.1) is 0 Å². The van der Waals surface area contributed by atoms with Gasteiger partial charge in [0, 0.05) is 18.1 Å². The predicted octanol–water partition coefficient (Wildman–Crippen LogP) is 4.63. The Morgan fingerprint density at radius 3 is 2.47 bits per heavy atom. The Bertz CT molecular complexity index is 981. The Morgan fingerprint density at radius 1 is 1.07 bits per heavy atom. The number of ether oxygens (including phenoxy) is 1. The van der Waals surface area contributed by atoms with E-state index in [1.165, 1.54) is 0 Å². The maximum Gasteiger partial charge on any atom is 0.338 e. The van der Waals surface area contributed by atoms with E-state index in [2.05, 4.69) is 24.3 Å². The first kappa shape index (κ1) is 21.3. The van der Waals surface area contributed by atoms with Gasteiger partial charge in [0.25, 0.3) is 5.91 Å². The Morgan fingerprint density at radius 2 is 1.80 bits per heavy atom. The minimum absolute atomic E-state index is 0.319. The number of carbonyl (C=O) groups is 2. The van der Waals surface area contributed by atoms with Gasteiger partial charge in [-0.25, -0.2) is 4.79 Å². The molecule has 1 heterocycles. The van der Waals surface area contributed by atoms with Crippen molar-refractivity contribution < 1.29 is 14.3 Å². The fraction of sp³-hybridized carbons (Fsp3) is 0.292. The highest BCUT2D eigenvalue weighted by Crippen LogP contribution is 2.26. The van der Waals surface area contributed by atoms with Crippen molar-refractivity contribution in [2.75, 3.05) is 5.32 Å². The molecule has 6 heteroatoms. The van der Waals surface area contributed by atoms with Crippen LogP contribution in [0.3, 0.4) is 0 Å². The quantitative estimate of drug-likeness (QED) is 0.555. The first-order chi connectivity index (χ1) is 14.5. The molecule has 156 valence electrons. The monoisotopic (exact) mass is 405 g/mol. The van der Waals surface area contributed by atoms with Crippen LogP contribution in [0.15, 0.2) is 67.0 Å². The molecule has 0 radical (unpaired) electrons. The van der Waals surface area contributed by atoms with E-state index in [0.29, 0.717) is 18.0 Å². The lowest BCUT2D eigenvalue weighted by Crippen LogP contribution is -2.30. The average molecular weight is 405 g/mol. The molecule has 0 aliphatic rings. The number of hydrogen-bond acceptors (Lipinski definition) is 4. The van der Waals surface area contributed by atoms with E-state index in [-0.39, 0.29) is 5.91 Å². The lowest BCUT2D eigenvalue weighted by Gasteiger charge is -2.18. The van der Waals surface area contributed by atoms with Gasteiger partial charge < -0.3 is 10.1 Å². The molecule has 3 rings (SSSR count). The molecule has 0 bridgehead atoms. The van der Waals surface area contributed by atoms with Crippen LogP contribution in [0.25, 0.3) is 0 Å². The van der Waals surface area contributed by atoms with Crippen molar-refractivity contribution >= 4 is 17.6 Å². The lowest BCUT2D eigenvalue weighted by molar-refractivity contribution is -0.123. The highest BCUT2D eigenvalue weighted by Gasteiger charge is 2.20. The van der Waals surface area contributed by atoms with Gasteiger partial charge in [0.15, 0.2) is 6.10 Å². The van der Waals surface area contributed by atoms with Crippen LogP contribution in [-0.2, 0) is 16.1 Å². The number of aromatic nitrogens is 2. The topological polar surface area (TPSA) is 73.2 Å². The summed E-state index contributed by atoms with van der Waals surface area (Å²) in [5.74, 6) is -0.562. The maximum absolute atomic E-state index is 12.6. The van der Waals surface area contributed by atoms with Crippen molar-refractivity contribution in [3.05, 3.63) is 83.7 Å². The van der Waals surface area contributed by atoms with Crippen LogP contribution in [0.1, 0.15) is 54.6 Å². The molecule has 30 heavy (non-hydrogen) atoms. The van der Waals surface area contributed by atoms with Crippen LogP contribution in [0.4, 0.5) is 5.69 Å². The van der Waals surface area contributed by atoms with Gasteiger partial charge in [-0.3, -0.25) is 9.48 Å². The van der Waals surface area contributed by atoms with E-state index in [4.69, 9.17) is 4.74 Å². The van der Waals surface area contributed by atoms with E-state index in [1.54, 1.807) is 29.9 Å². The third-order valence-corrected chi connectivity index (χ3v) is 5.11. The fourth-order valence-electron chi connectivity index (χ4n) is 3.10. The number of amides is 1. The number of benzene rings is 2. The first-order valence-corrected chi connectivity index (χ1v) is 10.1. The second kappa shape index (κ2) is 9.87. The third-order valence-electron chi connectivity index (χ3n) is 5.11. The third kappa shape index (κ3) is 5.35. The van der Waals surface area contributed by atoms with Gasteiger partial charge in [0.1, 0.15) is 0 Å². The number of para-hydroxylation sites is 1. The zero-order chi connectivity index (χ0) is 21.5. The average Bonchev–Trinajstić information content (AvgIpc) is 3.27. The Kier molecular flexibility index (Phi) is 7.01. The summed E-state index contributed by atoms with van der Waals surface area (Å²) in [5.41, 5.74) is 3.24. The number of rotatable bonds is 8. The maximum atomic E-state index is 12.6. The number of nitrogens with zero attached hydrogens (tertiary/aromatic N) is 2. The van der Waals surface area contributed by atoms with Crippen LogP contribution < -0.4 is 5.32 Å². The molecule has 6 nitrogen and oxygen atoms in total. The highest BCUT2D eigenvalue weighted by molar-refractivity contribution is 5.97. The normalized spacial score (nSPS) is 12.8. The van der Waals surface area contributed by atoms with Crippen molar-refractivity contribution in [3.63, 3.8) is 0 Å². The summed E-state index contributed by atoms with van der Waals surface area (Å²) >= 11 is 0. The van der Waals surface area contributed by atoms with Gasteiger partial charge in [-0.15, -0.1) is 0 Å². The van der Waals surface area contributed by atoms with Crippen molar-refractivity contribution in [2.24, 2.45) is 0 Å². The van der Waals surface area contributed by atoms with Crippen molar-refractivity contribution in [1.29, 1.82) is 0 Å². The molecule has 0 aliphatic heterocycles. The molecule has 1 N–H and O–H groups in total. The van der Waals surface area contributed by atoms with E-state index in [9.17, 15) is 9.59 Å². The van der Waals surface area contributed by atoms with Crippen LogP contribution in [0.2, 0.25) is 0 Å². The molecular weight excluding hydrogens is 378 g/mol. The SMILES string of the molecule is CCC(C)c1ccccc1NC(=O)C(C)OC(=O)c1ccc(Cn2cccn2)cc1. The molecule has 3 aromatic rings. The smallest absolute Gasteiger partial charge is 0.338 e. The van der Waals surface area contributed by atoms with Gasteiger partial charge in [-0.1, -0.05) is 44.2 Å². The number of esters is 1. The number of hydrogen-bond donors (Lipinski definition) is 1. The largest absolute Gasteiger partial charge is 0.449 e. The van der Waals surface area contributed by atoms with Crippen molar-refractivity contribution in [2.45, 2.75) is 45.8 Å². The Hall–Kier alpha value is -3.41. The molecule has 2 atom stereocenters. The summed E-state index contributed by atoms with van der Waals surface area (Å²) in [7, 11) is 0. The highest BCUT2D eigenvalue weighted by atomic mass is 16.5. The van der Waals surface area contributed by atoms with Crippen LogP contribution in [-0.4, -0.2) is 27.8 Å². The standard InChI is InChI=1S/C24H27N3O3/c1-4-17(2)21-8-5-6-9-22(21)26-23(28)18(3)30-24(29)20-12-10-19(11-13-20)16-27-15-7-14-25-27/h5-15,17-18H,4,16H2,1-3H3,(H,26,28). The summed E-state index contributed by atoms with van der Waals surface area (Å²) in [6.45, 7) is 6.42. The van der Waals surface area contributed by atoms with Gasteiger partial charge in [-0.2, -0.15) is 5.10 Å². The van der Waals surface area contributed by atoms with Crippen LogP contribution in [0.5, 0.6) is 0 Å². The Labute approximate surface area is 176 Å². The zero-order valence-corrected chi connectivity index (χ0v) is 17.5. The van der Waals surface area contributed by atoms with Crippen LogP contribution >= 0.6 is 0 Å².